The predicted molar refractivity (Wildman–Crippen MR) is 71.0 cm³/mol. The molecule has 1 atom stereocenters. The van der Waals surface area contributed by atoms with Crippen molar-refractivity contribution in [2.24, 2.45) is 0 Å². The minimum atomic E-state index is 0.595. The van der Waals surface area contributed by atoms with Crippen molar-refractivity contribution < 1.29 is 4.74 Å². The summed E-state index contributed by atoms with van der Waals surface area (Å²) in [5.41, 5.74) is 0. The van der Waals surface area contributed by atoms with E-state index in [4.69, 9.17) is 4.74 Å². The molecule has 0 aliphatic rings. The van der Waals surface area contributed by atoms with Crippen molar-refractivity contribution in [3.8, 4) is 0 Å². The number of likely N-dealkylation sites (N-methyl/N-ethyl adjacent to an activating group) is 1. The molecule has 1 unspecified atom stereocenters. The van der Waals surface area contributed by atoms with Crippen molar-refractivity contribution in [2.45, 2.75) is 52.1 Å². The van der Waals surface area contributed by atoms with Crippen molar-refractivity contribution >= 4 is 0 Å². The number of ether oxygens (including phenoxy) is 1. The topological polar surface area (TPSA) is 24.5 Å². The highest BCUT2D eigenvalue weighted by molar-refractivity contribution is 4.70. The van der Waals surface area contributed by atoms with Crippen LogP contribution in [0.3, 0.4) is 0 Å². The van der Waals surface area contributed by atoms with Crippen LogP contribution in [0.1, 0.15) is 40.0 Å². The zero-order valence-corrected chi connectivity index (χ0v) is 11.8. The monoisotopic (exact) mass is 230 g/mol. The van der Waals surface area contributed by atoms with Gasteiger partial charge in [0.05, 0.1) is 0 Å². The van der Waals surface area contributed by atoms with Crippen LogP contribution in [0.2, 0.25) is 0 Å². The lowest BCUT2D eigenvalue weighted by Crippen LogP contribution is -2.42. The van der Waals surface area contributed by atoms with Crippen molar-refractivity contribution in [3.05, 3.63) is 0 Å². The summed E-state index contributed by atoms with van der Waals surface area (Å²) in [5.74, 6) is 0. The summed E-state index contributed by atoms with van der Waals surface area (Å²) in [6.45, 7) is 9.82. The van der Waals surface area contributed by atoms with Crippen LogP contribution in [-0.4, -0.2) is 50.8 Å². The van der Waals surface area contributed by atoms with Crippen LogP contribution in [0.15, 0.2) is 0 Å². The highest BCUT2D eigenvalue weighted by Crippen LogP contribution is 2.00. The summed E-state index contributed by atoms with van der Waals surface area (Å²) in [4.78, 5) is 2.40. The Balaban J connectivity index is 3.64. The van der Waals surface area contributed by atoms with Crippen LogP contribution >= 0.6 is 0 Å². The molecule has 0 saturated carbocycles. The van der Waals surface area contributed by atoms with E-state index in [1.54, 1.807) is 7.11 Å². The number of hydrogen-bond acceptors (Lipinski definition) is 3. The lowest BCUT2D eigenvalue weighted by molar-refractivity contribution is 0.166. The van der Waals surface area contributed by atoms with Gasteiger partial charge in [0.1, 0.15) is 0 Å². The summed E-state index contributed by atoms with van der Waals surface area (Å²) in [6.07, 6.45) is 3.55. The molecule has 0 aliphatic carbocycles. The van der Waals surface area contributed by atoms with E-state index >= 15 is 0 Å². The third kappa shape index (κ3) is 7.20. The van der Waals surface area contributed by atoms with Crippen LogP contribution in [0, 0.1) is 0 Å². The van der Waals surface area contributed by atoms with E-state index in [-0.39, 0.29) is 0 Å². The number of methoxy groups -OCH3 is 1. The zero-order valence-electron chi connectivity index (χ0n) is 11.8. The van der Waals surface area contributed by atoms with E-state index in [2.05, 4.69) is 38.0 Å². The molecule has 0 saturated heterocycles. The second-order valence-corrected chi connectivity index (χ2v) is 4.60. The standard InChI is InChI=1S/C13H30N2O/c1-6-13(7-2)14-11-12(3)15(4)9-8-10-16-5/h12-14H,6-11H2,1-5H3. The molecule has 16 heavy (non-hydrogen) atoms. The van der Waals surface area contributed by atoms with Gasteiger partial charge in [-0.05, 0) is 33.2 Å². The molecule has 98 valence electrons. The molecule has 0 rings (SSSR count). The van der Waals surface area contributed by atoms with E-state index in [1.807, 2.05) is 0 Å². The molecule has 0 bridgehead atoms. The second kappa shape index (κ2) is 10.1. The van der Waals surface area contributed by atoms with Crippen LogP contribution < -0.4 is 5.32 Å². The summed E-state index contributed by atoms with van der Waals surface area (Å²) in [5, 5.41) is 3.62. The summed E-state index contributed by atoms with van der Waals surface area (Å²) in [6, 6.07) is 1.27. The Labute approximate surface area is 102 Å². The fraction of sp³-hybridized carbons (Fsp3) is 1.00. The smallest absolute Gasteiger partial charge is 0.0474 e. The predicted octanol–water partition coefficient (Wildman–Crippen LogP) is 2.12. The zero-order chi connectivity index (χ0) is 12.4. The number of nitrogens with one attached hydrogen (secondary N) is 1. The lowest BCUT2D eigenvalue weighted by Gasteiger charge is -2.26. The van der Waals surface area contributed by atoms with Gasteiger partial charge in [0.25, 0.3) is 0 Å². The third-order valence-corrected chi connectivity index (χ3v) is 3.30. The van der Waals surface area contributed by atoms with Crippen LogP contribution in [0.25, 0.3) is 0 Å². The molecule has 3 nitrogen and oxygen atoms in total. The Hall–Kier alpha value is -0.120. The molecular formula is C13H30N2O. The van der Waals surface area contributed by atoms with Crippen molar-refractivity contribution in [3.63, 3.8) is 0 Å². The number of nitrogens with zero attached hydrogens (tertiary/aromatic N) is 1. The summed E-state index contributed by atoms with van der Waals surface area (Å²) >= 11 is 0. The van der Waals surface area contributed by atoms with E-state index in [0.717, 1.165) is 26.1 Å². The van der Waals surface area contributed by atoms with Gasteiger partial charge in [-0.1, -0.05) is 13.8 Å². The Kier molecular flexibility index (Phi) is 9.99. The molecular weight excluding hydrogens is 200 g/mol. The van der Waals surface area contributed by atoms with Gasteiger partial charge in [0.15, 0.2) is 0 Å². The Morgan fingerprint density at radius 1 is 1.25 bits per heavy atom. The van der Waals surface area contributed by atoms with Gasteiger partial charge in [0, 0.05) is 38.9 Å². The molecule has 0 heterocycles. The number of rotatable bonds is 10. The maximum absolute atomic E-state index is 5.06. The van der Waals surface area contributed by atoms with Gasteiger partial charge in [-0.15, -0.1) is 0 Å². The molecule has 0 spiro atoms. The van der Waals surface area contributed by atoms with Crippen molar-refractivity contribution in [1.29, 1.82) is 0 Å². The van der Waals surface area contributed by atoms with Crippen LogP contribution in [-0.2, 0) is 4.74 Å². The first kappa shape index (κ1) is 15.9. The van der Waals surface area contributed by atoms with Gasteiger partial charge < -0.3 is 15.0 Å². The quantitative estimate of drug-likeness (QED) is 0.582. The highest BCUT2D eigenvalue weighted by atomic mass is 16.5. The molecule has 3 heteroatoms. The molecule has 0 aromatic rings. The average Bonchev–Trinajstić information content (AvgIpc) is 2.30. The third-order valence-electron chi connectivity index (χ3n) is 3.30. The van der Waals surface area contributed by atoms with Crippen molar-refractivity contribution in [2.75, 3.05) is 33.9 Å². The van der Waals surface area contributed by atoms with Gasteiger partial charge in [-0.2, -0.15) is 0 Å². The SMILES string of the molecule is CCC(CC)NCC(C)N(C)CCCOC. The molecule has 0 radical (unpaired) electrons. The van der Waals surface area contributed by atoms with E-state index in [0.29, 0.717) is 12.1 Å². The molecule has 0 aromatic heterocycles. The lowest BCUT2D eigenvalue weighted by atomic mass is 10.1. The maximum atomic E-state index is 5.06. The molecule has 0 amide bonds. The van der Waals surface area contributed by atoms with Gasteiger partial charge >= 0.3 is 0 Å². The fourth-order valence-corrected chi connectivity index (χ4v) is 1.75. The van der Waals surface area contributed by atoms with Crippen LogP contribution in [0.5, 0.6) is 0 Å². The first-order valence-corrected chi connectivity index (χ1v) is 6.58. The highest BCUT2D eigenvalue weighted by Gasteiger charge is 2.10. The fourth-order valence-electron chi connectivity index (χ4n) is 1.75. The maximum Gasteiger partial charge on any atom is 0.0474 e. The Bertz CT molecular complexity index is 149. The minimum absolute atomic E-state index is 0.595. The first-order valence-electron chi connectivity index (χ1n) is 6.58. The normalized spacial score (nSPS) is 13.7. The van der Waals surface area contributed by atoms with E-state index in [9.17, 15) is 0 Å². The van der Waals surface area contributed by atoms with Gasteiger partial charge in [-0.25, -0.2) is 0 Å². The Morgan fingerprint density at radius 3 is 2.38 bits per heavy atom. The minimum Gasteiger partial charge on any atom is -0.385 e. The summed E-state index contributed by atoms with van der Waals surface area (Å²) in [7, 11) is 3.95. The summed E-state index contributed by atoms with van der Waals surface area (Å²) < 4.78 is 5.06. The molecule has 1 N–H and O–H groups in total. The van der Waals surface area contributed by atoms with Gasteiger partial charge in [0.2, 0.25) is 0 Å². The number of hydrogen-bond donors (Lipinski definition) is 1. The largest absolute Gasteiger partial charge is 0.385 e. The average molecular weight is 230 g/mol. The first-order chi connectivity index (χ1) is 7.65. The second-order valence-electron chi connectivity index (χ2n) is 4.60. The molecule has 0 aromatic carbocycles. The van der Waals surface area contributed by atoms with Crippen LogP contribution in [0.4, 0.5) is 0 Å². The molecule has 0 fully saturated rings. The van der Waals surface area contributed by atoms with Crippen molar-refractivity contribution in [1.82, 2.24) is 10.2 Å². The molecule has 0 aliphatic heterocycles. The van der Waals surface area contributed by atoms with Gasteiger partial charge in [-0.3, -0.25) is 0 Å². The van der Waals surface area contributed by atoms with E-state index in [1.165, 1.54) is 12.8 Å². The van der Waals surface area contributed by atoms with E-state index < -0.39 is 0 Å². The Morgan fingerprint density at radius 2 is 1.88 bits per heavy atom.